The number of aryl methyl sites for hydroxylation is 1. The summed E-state index contributed by atoms with van der Waals surface area (Å²) in [6, 6.07) is 4.31. The lowest BCUT2D eigenvalue weighted by molar-refractivity contribution is 0.0181. The van der Waals surface area contributed by atoms with E-state index in [-0.39, 0.29) is 0 Å². The molecule has 0 bridgehead atoms. The number of hydrogen-bond acceptors (Lipinski definition) is 3. The average Bonchev–Trinajstić information content (AvgIpc) is 2.81. The lowest BCUT2D eigenvalue weighted by Gasteiger charge is -2.23. The number of rotatable bonds is 5. The quantitative estimate of drug-likeness (QED) is 0.865. The molecular weight excluding hydrogens is 256 g/mol. The van der Waals surface area contributed by atoms with Gasteiger partial charge in [0.1, 0.15) is 0 Å². The van der Waals surface area contributed by atoms with Crippen molar-refractivity contribution in [3.8, 4) is 0 Å². The number of nitrogens with one attached hydrogen (secondary N) is 1. The fourth-order valence-corrected chi connectivity index (χ4v) is 3.27. The molecule has 18 heavy (non-hydrogen) atoms. The van der Waals surface area contributed by atoms with Crippen LogP contribution in [0.3, 0.4) is 0 Å². The second kappa shape index (κ2) is 5.99. The third kappa shape index (κ3) is 2.84. The van der Waals surface area contributed by atoms with E-state index in [1.807, 2.05) is 12.1 Å². The van der Waals surface area contributed by atoms with E-state index in [0.29, 0.717) is 12.1 Å². The van der Waals surface area contributed by atoms with Crippen LogP contribution < -0.4 is 5.32 Å². The Morgan fingerprint density at radius 3 is 2.89 bits per heavy atom. The molecular formula is C13H17F2NOS. The third-order valence-electron chi connectivity index (χ3n) is 3.11. The maximum absolute atomic E-state index is 12.9. The van der Waals surface area contributed by atoms with E-state index in [4.69, 9.17) is 0 Å². The van der Waals surface area contributed by atoms with Crippen molar-refractivity contribution in [2.45, 2.75) is 36.8 Å². The summed E-state index contributed by atoms with van der Waals surface area (Å²) in [6.45, 7) is 2.16. The van der Waals surface area contributed by atoms with Crippen molar-refractivity contribution in [2.75, 3.05) is 12.3 Å². The number of halogens is 2. The Labute approximate surface area is 110 Å². The van der Waals surface area contributed by atoms with Gasteiger partial charge < -0.3 is 10.4 Å². The zero-order chi connectivity index (χ0) is 13.1. The molecule has 0 saturated heterocycles. The van der Waals surface area contributed by atoms with Crippen molar-refractivity contribution in [1.29, 1.82) is 0 Å². The summed E-state index contributed by atoms with van der Waals surface area (Å²) in [7, 11) is 0. The highest BCUT2D eigenvalue weighted by Crippen LogP contribution is 2.34. The Bertz CT molecular complexity index is 414. The van der Waals surface area contributed by atoms with Gasteiger partial charge in [0, 0.05) is 10.6 Å². The number of hydrogen-bond donors (Lipinski definition) is 2. The molecule has 2 rings (SSSR count). The number of likely N-dealkylation sites (N-methyl/N-ethyl adjacent to an activating group) is 1. The highest BCUT2D eigenvalue weighted by Gasteiger charge is 2.29. The Kier molecular flexibility index (Phi) is 4.59. The number of aliphatic hydroxyl groups excluding tert-OH is 1. The van der Waals surface area contributed by atoms with Gasteiger partial charge in [-0.2, -0.15) is 0 Å². The van der Waals surface area contributed by atoms with Crippen LogP contribution in [0.2, 0.25) is 0 Å². The van der Waals surface area contributed by atoms with Gasteiger partial charge in [-0.1, -0.05) is 19.1 Å². The van der Waals surface area contributed by atoms with E-state index in [9.17, 15) is 13.9 Å². The zero-order valence-corrected chi connectivity index (χ0v) is 11.0. The Morgan fingerprint density at radius 1 is 1.44 bits per heavy atom. The molecule has 2 atom stereocenters. The van der Waals surface area contributed by atoms with Crippen LogP contribution in [0.1, 0.15) is 24.2 Å². The van der Waals surface area contributed by atoms with Gasteiger partial charge in [0.15, 0.2) is 0 Å². The smallest absolute Gasteiger partial charge is 0.256 e. The maximum Gasteiger partial charge on any atom is 0.256 e. The molecule has 1 aromatic carbocycles. The summed E-state index contributed by atoms with van der Waals surface area (Å²) in [5.74, 6) is 1.03. The van der Waals surface area contributed by atoms with Crippen LogP contribution in [0, 0.1) is 0 Å². The summed E-state index contributed by atoms with van der Waals surface area (Å²) < 4.78 is 25.7. The first-order chi connectivity index (χ1) is 8.63. The van der Waals surface area contributed by atoms with Gasteiger partial charge in [-0.3, -0.25) is 0 Å². The molecule has 5 heteroatoms. The van der Waals surface area contributed by atoms with Gasteiger partial charge in [-0.05, 0) is 30.2 Å². The van der Waals surface area contributed by atoms with Gasteiger partial charge in [-0.15, -0.1) is 11.8 Å². The molecule has 100 valence electrons. The number of aliphatic hydroxyl groups is 1. The Hall–Kier alpha value is -0.650. The highest BCUT2D eigenvalue weighted by molar-refractivity contribution is 7.99. The topological polar surface area (TPSA) is 32.3 Å². The molecule has 0 amide bonds. The van der Waals surface area contributed by atoms with Gasteiger partial charge >= 0.3 is 0 Å². The monoisotopic (exact) mass is 273 g/mol. The normalized spacial score (nSPS) is 17.8. The number of alkyl halides is 2. The Morgan fingerprint density at radius 2 is 2.22 bits per heavy atom. The lowest BCUT2D eigenvalue weighted by atomic mass is 10.0. The van der Waals surface area contributed by atoms with Gasteiger partial charge in [0.05, 0.1) is 12.1 Å². The van der Waals surface area contributed by atoms with Crippen molar-refractivity contribution in [3.63, 3.8) is 0 Å². The molecule has 0 aromatic heterocycles. The summed E-state index contributed by atoms with van der Waals surface area (Å²) >= 11 is 1.71. The number of thioether (sulfide) groups is 1. The molecule has 2 N–H and O–H groups in total. The molecule has 1 heterocycles. The lowest BCUT2D eigenvalue weighted by Crippen LogP contribution is -2.40. The van der Waals surface area contributed by atoms with E-state index in [0.717, 1.165) is 17.1 Å². The second-order valence-corrected chi connectivity index (χ2v) is 5.47. The minimum absolute atomic E-state index is 0.408. The largest absolute Gasteiger partial charge is 0.387 e. The summed E-state index contributed by atoms with van der Waals surface area (Å²) in [5.41, 5.74) is 1.81. The van der Waals surface area contributed by atoms with E-state index >= 15 is 0 Å². The van der Waals surface area contributed by atoms with E-state index in [1.165, 1.54) is 5.56 Å². The third-order valence-corrected chi connectivity index (χ3v) is 4.21. The molecule has 1 aromatic rings. The van der Waals surface area contributed by atoms with E-state index in [1.54, 1.807) is 24.8 Å². The molecule has 1 aliphatic rings. The fraction of sp³-hybridized carbons (Fsp3) is 0.538. The van der Waals surface area contributed by atoms with Crippen LogP contribution in [-0.2, 0) is 6.42 Å². The number of fused-ring (bicyclic) bond motifs is 1. The first-order valence-electron chi connectivity index (χ1n) is 6.08. The standard InChI is InChI=1S/C13H17F2NOS/c1-2-16-11(13(14)15)12(17)9-4-3-8-5-6-18-10(8)7-9/h3-4,7,11-13,16-17H,2,5-6H2,1H3. The van der Waals surface area contributed by atoms with Crippen LogP contribution in [0.25, 0.3) is 0 Å². The minimum Gasteiger partial charge on any atom is -0.387 e. The van der Waals surface area contributed by atoms with E-state index in [2.05, 4.69) is 5.32 Å². The molecule has 2 unspecified atom stereocenters. The summed E-state index contributed by atoms with van der Waals surface area (Å²) in [4.78, 5) is 1.11. The SMILES string of the molecule is CCNC(C(F)F)C(O)c1ccc2c(c1)SCC2. The molecule has 0 spiro atoms. The van der Waals surface area contributed by atoms with Crippen LogP contribution >= 0.6 is 11.8 Å². The van der Waals surface area contributed by atoms with Crippen molar-refractivity contribution >= 4 is 11.8 Å². The molecule has 0 aliphatic carbocycles. The average molecular weight is 273 g/mol. The van der Waals surface area contributed by atoms with Crippen molar-refractivity contribution < 1.29 is 13.9 Å². The fourth-order valence-electron chi connectivity index (χ4n) is 2.15. The molecule has 0 saturated carbocycles. The maximum atomic E-state index is 12.9. The van der Waals surface area contributed by atoms with E-state index < -0.39 is 18.6 Å². The molecule has 0 fully saturated rings. The second-order valence-electron chi connectivity index (χ2n) is 4.33. The van der Waals surface area contributed by atoms with Crippen LogP contribution in [0.5, 0.6) is 0 Å². The minimum atomic E-state index is -2.58. The van der Waals surface area contributed by atoms with Gasteiger partial charge in [0.25, 0.3) is 6.43 Å². The Balaban J connectivity index is 2.19. The molecule has 2 nitrogen and oxygen atoms in total. The highest BCUT2D eigenvalue weighted by atomic mass is 32.2. The first-order valence-corrected chi connectivity index (χ1v) is 7.07. The van der Waals surface area contributed by atoms with Crippen molar-refractivity contribution in [2.24, 2.45) is 0 Å². The van der Waals surface area contributed by atoms with Gasteiger partial charge in [-0.25, -0.2) is 8.78 Å². The van der Waals surface area contributed by atoms with Crippen molar-refractivity contribution in [1.82, 2.24) is 5.32 Å². The summed E-state index contributed by atoms with van der Waals surface area (Å²) in [6.07, 6.45) is -2.74. The number of benzene rings is 1. The van der Waals surface area contributed by atoms with Gasteiger partial charge in [0.2, 0.25) is 0 Å². The van der Waals surface area contributed by atoms with Crippen LogP contribution in [-0.4, -0.2) is 29.9 Å². The predicted octanol–water partition coefficient (Wildman–Crippen LogP) is 2.61. The molecule has 0 radical (unpaired) electrons. The zero-order valence-electron chi connectivity index (χ0n) is 10.2. The first kappa shape index (κ1) is 13.8. The molecule has 1 aliphatic heterocycles. The van der Waals surface area contributed by atoms with Crippen LogP contribution in [0.15, 0.2) is 23.1 Å². The van der Waals surface area contributed by atoms with Crippen molar-refractivity contribution in [3.05, 3.63) is 29.3 Å². The predicted molar refractivity (Wildman–Crippen MR) is 69.3 cm³/mol. The van der Waals surface area contributed by atoms with Crippen LogP contribution in [0.4, 0.5) is 8.78 Å². The summed E-state index contributed by atoms with van der Waals surface area (Å²) in [5, 5.41) is 12.7.